The average molecular weight is 262 g/mol. The lowest BCUT2D eigenvalue weighted by Crippen LogP contribution is -2.36. The minimum Gasteiger partial charge on any atom is -0.497 e. The average Bonchev–Trinajstić information content (AvgIpc) is 2.59. The number of carbonyl (C=O) groups is 2. The van der Waals surface area contributed by atoms with Crippen LogP contribution >= 0.6 is 0 Å². The molecule has 0 aromatic heterocycles. The monoisotopic (exact) mass is 262 g/mol. The molecule has 19 heavy (non-hydrogen) atoms. The van der Waals surface area contributed by atoms with Gasteiger partial charge in [-0.25, -0.2) is 0 Å². The summed E-state index contributed by atoms with van der Waals surface area (Å²) in [6.45, 7) is 1.23. The van der Waals surface area contributed by atoms with Crippen LogP contribution in [0.2, 0.25) is 0 Å². The van der Waals surface area contributed by atoms with Gasteiger partial charge in [-0.3, -0.25) is 9.59 Å². The van der Waals surface area contributed by atoms with Crippen LogP contribution in [0, 0.1) is 0 Å². The maximum absolute atomic E-state index is 11.8. The Kier molecular flexibility index (Phi) is 4.39. The number of carbonyl (C=O) groups excluding carboxylic acids is 2. The molecule has 2 amide bonds. The molecule has 1 saturated heterocycles. The van der Waals surface area contributed by atoms with Gasteiger partial charge >= 0.3 is 0 Å². The summed E-state index contributed by atoms with van der Waals surface area (Å²) in [4.78, 5) is 24.7. The zero-order valence-corrected chi connectivity index (χ0v) is 11.0. The van der Waals surface area contributed by atoms with Crippen molar-refractivity contribution in [3.8, 4) is 5.75 Å². The number of methoxy groups -OCH3 is 1. The number of ether oxygens (including phenoxy) is 1. The number of rotatable bonds is 4. The number of nitrogens with one attached hydrogen (secondary N) is 1. The third kappa shape index (κ3) is 3.71. The van der Waals surface area contributed by atoms with Gasteiger partial charge in [0.1, 0.15) is 5.75 Å². The number of hydrogen-bond donors (Lipinski definition) is 1. The van der Waals surface area contributed by atoms with Crippen molar-refractivity contribution >= 4 is 11.8 Å². The fraction of sp³-hybridized carbons (Fsp3) is 0.429. The quantitative estimate of drug-likeness (QED) is 0.864. The standard InChI is InChI=1S/C14H18N2O3/c1-19-12-4-2-3-11(9-12)5-7-16-8-6-13(17)15-10-14(16)18/h2-4,9H,5-8,10H2,1H3,(H,15,17). The topological polar surface area (TPSA) is 58.6 Å². The maximum Gasteiger partial charge on any atom is 0.241 e. The van der Waals surface area contributed by atoms with Crippen LogP contribution in [0.25, 0.3) is 0 Å². The number of amides is 2. The Morgan fingerprint density at radius 3 is 3.00 bits per heavy atom. The first-order valence-corrected chi connectivity index (χ1v) is 6.36. The summed E-state index contributed by atoms with van der Waals surface area (Å²) in [6, 6.07) is 7.80. The molecule has 1 aromatic carbocycles. The lowest BCUT2D eigenvalue weighted by molar-refractivity contribution is -0.130. The lowest BCUT2D eigenvalue weighted by Gasteiger charge is -2.19. The summed E-state index contributed by atoms with van der Waals surface area (Å²) in [5.74, 6) is 0.738. The normalized spacial score (nSPS) is 15.9. The molecule has 0 unspecified atom stereocenters. The van der Waals surface area contributed by atoms with Gasteiger partial charge in [-0.2, -0.15) is 0 Å². The van der Waals surface area contributed by atoms with Crippen molar-refractivity contribution in [1.82, 2.24) is 10.2 Å². The van der Waals surface area contributed by atoms with Gasteiger partial charge in [0, 0.05) is 19.5 Å². The number of benzene rings is 1. The molecule has 1 N–H and O–H groups in total. The van der Waals surface area contributed by atoms with Crippen LogP contribution in [0.15, 0.2) is 24.3 Å². The van der Waals surface area contributed by atoms with Crippen LogP contribution in [0.4, 0.5) is 0 Å². The van der Waals surface area contributed by atoms with Gasteiger partial charge in [0.25, 0.3) is 0 Å². The van der Waals surface area contributed by atoms with Crippen molar-refractivity contribution in [1.29, 1.82) is 0 Å². The van der Waals surface area contributed by atoms with E-state index in [1.54, 1.807) is 12.0 Å². The smallest absolute Gasteiger partial charge is 0.241 e. The van der Waals surface area contributed by atoms with Gasteiger partial charge in [0.05, 0.1) is 13.7 Å². The van der Waals surface area contributed by atoms with Crippen molar-refractivity contribution in [3.05, 3.63) is 29.8 Å². The van der Waals surface area contributed by atoms with Crippen LogP contribution in [0.3, 0.4) is 0 Å². The number of hydrogen-bond acceptors (Lipinski definition) is 3. The first kappa shape index (κ1) is 13.4. The van der Waals surface area contributed by atoms with E-state index >= 15 is 0 Å². The van der Waals surface area contributed by atoms with Gasteiger partial charge in [0.2, 0.25) is 11.8 Å². The van der Waals surface area contributed by atoms with Gasteiger partial charge in [0.15, 0.2) is 0 Å². The molecule has 0 aliphatic carbocycles. The van der Waals surface area contributed by atoms with Crippen molar-refractivity contribution in [2.75, 3.05) is 26.7 Å². The summed E-state index contributed by atoms with van der Waals surface area (Å²) in [7, 11) is 1.63. The highest BCUT2D eigenvalue weighted by Gasteiger charge is 2.19. The van der Waals surface area contributed by atoms with E-state index < -0.39 is 0 Å². The van der Waals surface area contributed by atoms with E-state index in [1.807, 2.05) is 24.3 Å². The Bertz CT molecular complexity index is 474. The predicted molar refractivity (Wildman–Crippen MR) is 70.9 cm³/mol. The molecule has 0 spiro atoms. The molecule has 2 rings (SSSR count). The van der Waals surface area contributed by atoms with Crippen molar-refractivity contribution in [3.63, 3.8) is 0 Å². The summed E-state index contributed by atoms with van der Waals surface area (Å²) in [5.41, 5.74) is 1.12. The van der Waals surface area contributed by atoms with E-state index in [0.29, 0.717) is 19.5 Å². The van der Waals surface area contributed by atoms with E-state index in [1.165, 1.54) is 0 Å². The highest BCUT2D eigenvalue weighted by molar-refractivity contribution is 5.87. The molecule has 102 valence electrons. The van der Waals surface area contributed by atoms with Crippen molar-refractivity contribution in [2.45, 2.75) is 12.8 Å². The molecule has 0 radical (unpaired) electrons. The third-order valence-corrected chi connectivity index (χ3v) is 3.20. The Labute approximate surface area is 112 Å². The highest BCUT2D eigenvalue weighted by Crippen LogP contribution is 2.13. The van der Waals surface area contributed by atoms with Gasteiger partial charge < -0.3 is 15.0 Å². The second-order valence-electron chi connectivity index (χ2n) is 4.51. The summed E-state index contributed by atoms with van der Waals surface area (Å²) >= 11 is 0. The van der Waals surface area contributed by atoms with E-state index in [2.05, 4.69) is 5.32 Å². The SMILES string of the molecule is COc1cccc(CCN2CCC(=O)NCC2=O)c1. The van der Waals surface area contributed by atoms with E-state index in [4.69, 9.17) is 4.74 Å². The molecule has 5 heteroatoms. The van der Waals surface area contributed by atoms with E-state index in [-0.39, 0.29) is 18.4 Å². The fourth-order valence-corrected chi connectivity index (χ4v) is 2.06. The largest absolute Gasteiger partial charge is 0.497 e. The predicted octanol–water partition coefficient (Wildman–Crippen LogP) is 0.586. The second kappa shape index (κ2) is 6.22. The fourth-order valence-electron chi connectivity index (χ4n) is 2.06. The Morgan fingerprint density at radius 2 is 2.21 bits per heavy atom. The molecule has 1 heterocycles. The van der Waals surface area contributed by atoms with Crippen LogP contribution in [-0.2, 0) is 16.0 Å². The Morgan fingerprint density at radius 1 is 1.37 bits per heavy atom. The molecule has 0 bridgehead atoms. The molecular weight excluding hydrogens is 244 g/mol. The van der Waals surface area contributed by atoms with Crippen LogP contribution < -0.4 is 10.1 Å². The van der Waals surface area contributed by atoms with Gasteiger partial charge in [-0.1, -0.05) is 12.1 Å². The second-order valence-corrected chi connectivity index (χ2v) is 4.51. The maximum atomic E-state index is 11.8. The molecule has 5 nitrogen and oxygen atoms in total. The summed E-state index contributed by atoms with van der Waals surface area (Å²) in [5, 5.41) is 2.59. The number of nitrogens with zero attached hydrogens (tertiary/aromatic N) is 1. The third-order valence-electron chi connectivity index (χ3n) is 3.20. The van der Waals surface area contributed by atoms with Crippen LogP contribution in [0.1, 0.15) is 12.0 Å². The van der Waals surface area contributed by atoms with E-state index in [9.17, 15) is 9.59 Å². The minimum absolute atomic E-state index is 0.0197. The van der Waals surface area contributed by atoms with E-state index in [0.717, 1.165) is 17.7 Å². The zero-order chi connectivity index (χ0) is 13.7. The highest BCUT2D eigenvalue weighted by atomic mass is 16.5. The molecule has 1 fully saturated rings. The van der Waals surface area contributed by atoms with Crippen LogP contribution in [-0.4, -0.2) is 43.5 Å². The van der Waals surface area contributed by atoms with Crippen LogP contribution in [0.5, 0.6) is 5.75 Å². The molecular formula is C14H18N2O3. The molecule has 0 atom stereocenters. The van der Waals surface area contributed by atoms with Gasteiger partial charge in [-0.05, 0) is 24.1 Å². The van der Waals surface area contributed by atoms with Crippen molar-refractivity contribution < 1.29 is 14.3 Å². The molecule has 1 aliphatic rings. The molecule has 1 aliphatic heterocycles. The van der Waals surface area contributed by atoms with Gasteiger partial charge in [-0.15, -0.1) is 0 Å². The molecule has 1 aromatic rings. The Hall–Kier alpha value is -2.04. The summed E-state index contributed by atoms with van der Waals surface area (Å²) < 4.78 is 5.17. The Balaban J connectivity index is 1.93. The minimum atomic E-state index is -0.0581. The first-order valence-electron chi connectivity index (χ1n) is 6.36. The van der Waals surface area contributed by atoms with Crippen molar-refractivity contribution in [2.24, 2.45) is 0 Å². The summed E-state index contributed by atoms with van der Waals surface area (Å²) in [6.07, 6.45) is 1.14. The zero-order valence-electron chi connectivity index (χ0n) is 11.0. The first-order chi connectivity index (χ1) is 9.19. The molecule has 0 saturated carbocycles. The lowest BCUT2D eigenvalue weighted by atomic mass is 10.1.